The van der Waals surface area contributed by atoms with E-state index in [9.17, 15) is 16.8 Å². The molecule has 1 aliphatic rings. The number of nitrogens with zero attached hydrogens (tertiary/aromatic N) is 2. The first kappa shape index (κ1) is 21.3. The summed E-state index contributed by atoms with van der Waals surface area (Å²) >= 11 is 0.715. The molecule has 26 heavy (non-hydrogen) atoms. The lowest BCUT2D eigenvalue weighted by Crippen LogP contribution is -2.48. The van der Waals surface area contributed by atoms with Crippen molar-refractivity contribution in [1.82, 2.24) is 4.90 Å². The molecule has 1 aromatic rings. The van der Waals surface area contributed by atoms with Gasteiger partial charge in [-0.15, -0.1) is 15.7 Å². The highest BCUT2D eigenvalue weighted by atomic mass is 32.3. The fourth-order valence-corrected chi connectivity index (χ4v) is 8.80. The number of hydrogen-bond acceptors (Lipinski definition) is 7. The number of rotatable bonds is 7. The van der Waals surface area contributed by atoms with Crippen molar-refractivity contribution < 1.29 is 21.6 Å². The molecule has 1 aromatic heterocycles. The number of hydrogen-bond donors (Lipinski definition) is 1. The quantitative estimate of drug-likeness (QED) is 0.520. The molecule has 0 radical (unpaired) electrons. The molecule has 2 unspecified atom stereocenters. The van der Waals surface area contributed by atoms with Gasteiger partial charge in [0.15, 0.2) is 9.84 Å². The van der Waals surface area contributed by atoms with Crippen LogP contribution in [0.5, 0.6) is 0 Å². The summed E-state index contributed by atoms with van der Waals surface area (Å²) < 4.78 is 58.9. The van der Waals surface area contributed by atoms with E-state index in [0.29, 0.717) is 29.7 Å². The summed E-state index contributed by atoms with van der Waals surface area (Å²) in [5.74, 6) is 0. The second kappa shape index (κ2) is 7.55. The maximum absolute atomic E-state index is 13.3. The third-order valence-electron chi connectivity index (χ3n) is 4.29. The zero-order valence-corrected chi connectivity index (χ0v) is 17.7. The van der Waals surface area contributed by atoms with Gasteiger partial charge in [-0.25, -0.2) is 8.42 Å². The Morgan fingerprint density at radius 2 is 2.15 bits per heavy atom. The molecule has 2 rings (SSSR count). The van der Waals surface area contributed by atoms with E-state index in [0.717, 1.165) is 6.34 Å². The van der Waals surface area contributed by atoms with E-state index in [-0.39, 0.29) is 21.4 Å². The van der Waals surface area contributed by atoms with E-state index < -0.39 is 30.6 Å². The Bertz CT molecular complexity index is 882. The number of thiophene rings is 1. The average molecular weight is 424 g/mol. The van der Waals surface area contributed by atoms with Crippen molar-refractivity contribution in [3.05, 3.63) is 11.6 Å². The van der Waals surface area contributed by atoms with Crippen LogP contribution < -0.4 is 5.73 Å². The van der Waals surface area contributed by atoms with Gasteiger partial charge in [-0.1, -0.05) is 13.3 Å². The molecule has 1 aliphatic heterocycles. The summed E-state index contributed by atoms with van der Waals surface area (Å²) in [5.41, 5.74) is 6.57. The molecule has 0 saturated carbocycles. The minimum absolute atomic E-state index is 0.0142. The molecule has 0 spiro atoms. The van der Waals surface area contributed by atoms with Crippen LogP contribution in [-0.2, 0) is 24.6 Å². The zero-order valence-electron chi connectivity index (χ0n) is 15.3. The third-order valence-corrected chi connectivity index (χ3v) is 10.2. The Hall–Kier alpha value is -1.01. The molecular formula is C15H25N3O5S3. The topological polar surface area (TPSA) is 119 Å². The van der Waals surface area contributed by atoms with E-state index >= 15 is 0 Å². The highest BCUT2D eigenvalue weighted by Crippen LogP contribution is 2.48. The van der Waals surface area contributed by atoms with E-state index in [1.54, 1.807) is 14.1 Å². The SMILES string of the molecule is CCCC1(COC)CC(N)c2cc(S(=O)(=O)N=CN(C)C)sc2S1(=O)=O. The standard InChI is InChI=1S/C15H25N3O5S3/c1-5-6-15(9-23-4)8-12(16)11-7-13(24-14(11)25(15,19)20)26(21,22)17-10-18(2)3/h7,10,12H,5-6,8-9,16H2,1-4H3. The Morgan fingerprint density at radius 1 is 1.50 bits per heavy atom. The highest BCUT2D eigenvalue weighted by molar-refractivity contribution is 7.96. The molecule has 148 valence electrons. The maximum atomic E-state index is 13.3. The molecule has 2 N–H and O–H groups in total. The maximum Gasteiger partial charge on any atom is 0.293 e. The fraction of sp³-hybridized carbons (Fsp3) is 0.667. The van der Waals surface area contributed by atoms with Gasteiger partial charge in [0.05, 0.1) is 6.61 Å². The van der Waals surface area contributed by atoms with Crippen molar-refractivity contribution in [2.75, 3.05) is 27.8 Å². The summed E-state index contributed by atoms with van der Waals surface area (Å²) in [6.45, 7) is 1.92. The van der Waals surface area contributed by atoms with Gasteiger partial charge in [-0.3, -0.25) is 0 Å². The zero-order chi connectivity index (χ0) is 19.8. The number of sulfone groups is 1. The second-order valence-electron chi connectivity index (χ2n) is 6.65. The van der Waals surface area contributed by atoms with Gasteiger partial charge in [0.1, 0.15) is 19.5 Å². The number of nitrogens with two attached hydrogens (primary N) is 1. The molecule has 0 aliphatic carbocycles. The fourth-order valence-electron chi connectivity index (χ4n) is 3.15. The number of fused-ring (bicyclic) bond motifs is 1. The van der Waals surface area contributed by atoms with Crippen molar-refractivity contribution in [3.8, 4) is 0 Å². The van der Waals surface area contributed by atoms with Crippen LogP contribution in [0.3, 0.4) is 0 Å². The van der Waals surface area contributed by atoms with Crippen LogP contribution in [0.2, 0.25) is 0 Å². The Kier molecular flexibility index (Phi) is 6.18. The predicted octanol–water partition coefficient (Wildman–Crippen LogP) is 1.39. The molecule has 0 aromatic carbocycles. The third kappa shape index (κ3) is 3.68. The first-order valence-electron chi connectivity index (χ1n) is 8.10. The average Bonchev–Trinajstić information content (AvgIpc) is 2.99. The normalized spacial score (nSPS) is 25.3. The van der Waals surface area contributed by atoms with Gasteiger partial charge in [-0.05, 0) is 24.5 Å². The molecule has 0 fully saturated rings. The van der Waals surface area contributed by atoms with Crippen molar-refractivity contribution in [2.45, 2.75) is 45.4 Å². The Labute approximate surface area is 159 Å². The summed E-state index contributed by atoms with van der Waals surface area (Å²) in [7, 11) is -3.04. The van der Waals surface area contributed by atoms with Crippen LogP contribution in [0, 0.1) is 0 Å². The minimum atomic E-state index is -3.99. The molecule has 8 nitrogen and oxygen atoms in total. The molecular weight excluding hydrogens is 398 g/mol. The molecule has 0 saturated heterocycles. The highest BCUT2D eigenvalue weighted by Gasteiger charge is 2.51. The van der Waals surface area contributed by atoms with E-state index in [2.05, 4.69) is 4.40 Å². The van der Waals surface area contributed by atoms with Crippen LogP contribution in [0.4, 0.5) is 0 Å². The van der Waals surface area contributed by atoms with Crippen molar-refractivity contribution in [2.24, 2.45) is 10.1 Å². The molecule has 2 heterocycles. The van der Waals surface area contributed by atoms with Crippen molar-refractivity contribution in [1.29, 1.82) is 0 Å². The molecule has 11 heteroatoms. The molecule has 0 bridgehead atoms. The summed E-state index contributed by atoms with van der Waals surface area (Å²) in [4.78, 5) is 1.48. The van der Waals surface area contributed by atoms with Crippen LogP contribution in [0.15, 0.2) is 18.9 Å². The van der Waals surface area contributed by atoms with Crippen molar-refractivity contribution >= 4 is 37.5 Å². The number of ether oxygens (including phenoxy) is 1. The second-order valence-corrected chi connectivity index (χ2v) is 12.1. The first-order chi connectivity index (χ1) is 12.0. The smallest absolute Gasteiger partial charge is 0.293 e. The number of sulfonamides is 1. The van der Waals surface area contributed by atoms with Gasteiger partial charge in [0, 0.05) is 27.2 Å². The predicted molar refractivity (Wildman–Crippen MR) is 102 cm³/mol. The van der Waals surface area contributed by atoms with Gasteiger partial charge < -0.3 is 15.4 Å². The lowest BCUT2D eigenvalue weighted by molar-refractivity contribution is 0.148. The van der Waals surface area contributed by atoms with Gasteiger partial charge in [0.25, 0.3) is 10.0 Å². The van der Waals surface area contributed by atoms with E-state index in [1.807, 2.05) is 6.92 Å². The lowest BCUT2D eigenvalue weighted by Gasteiger charge is -2.38. The van der Waals surface area contributed by atoms with Crippen LogP contribution in [0.25, 0.3) is 0 Å². The lowest BCUT2D eigenvalue weighted by atomic mass is 9.92. The van der Waals surface area contributed by atoms with Crippen molar-refractivity contribution in [3.63, 3.8) is 0 Å². The summed E-state index contributed by atoms with van der Waals surface area (Å²) in [6, 6.07) is 0.765. The first-order valence-corrected chi connectivity index (χ1v) is 11.8. The Balaban J connectivity index is 2.61. The monoisotopic (exact) mass is 423 g/mol. The van der Waals surface area contributed by atoms with Gasteiger partial charge in [0.2, 0.25) is 0 Å². The molecule has 0 amide bonds. The van der Waals surface area contributed by atoms with E-state index in [1.165, 1.54) is 18.1 Å². The van der Waals surface area contributed by atoms with Crippen LogP contribution in [0.1, 0.15) is 37.8 Å². The Morgan fingerprint density at radius 3 is 2.69 bits per heavy atom. The van der Waals surface area contributed by atoms with E-state index in [4.69, 9.17) is 10.5 Å². The minimum Gasteiger partial charge on any atom is -0.383 e. The van der Waals surface area contributed by atoms with Crippen LogP contribution >= 0.6 is 11.3 Å². The van der Waals surface area contributed by atoms with Gasteiger partial charge in [-0.2, -0.15) is 8.42 Å². The number of methoxy groups -OCH3 is 1. The van der Waals surface area contributed by atoms with Gasteiger partial charge >= 0.3 is 0 Å². The summed E-state index contributed by atoms with van der Waals surface area (Å²) in [6.07, 6.45) is 2.40. The van der Waals surface area contributed by atoms with Crippen LogP contribution in [-0.4, -0.2) is 60.6 Å². The largest absolute Gasteiger partial charge is 0.383 e. The molecule has 2 atom stereocenters. The summed E-state index contributed by atoms with van der Waals surface area (Å²) in [5, 5.41) is 0.